The number of aromatic nitrogens is 3. The van der Waals surface area contributed by atoms with Crippen LogP contribution >= 0.6 is 0 Å². The zero-order valence-corrected chi connectivity index (χ0v) is 21.4. The number of hydrogen-bond acceptors (Lipinski definition) is 4. The maximum absolute atomic E-state index is 14.0. The molecule has 1 aromatic heterocycles. The Morgan fingerprint density at radius 3 is 2.20 bits per heavy atom. The smallest absolute Gasteiger partial charge is 0.416 e. The molecule has 41 heavy (non-hydrogen) atoms. The topological polar surface area (TPSA) is 97.1 Å². The van der Waals surface area contributed by atoms with Gasteiger partial charge in [0.15, 0.2) is 0 Å². The van der Waals surface area contributed by atoms with Crippen molar-refractivity contribution in [3.63, 3.8) is 0 Å². The van der Waals surface area contributed by atoms with E-state index in [0.717, 1.165) is 30.3 Å². The fourth-order valence-corrected chi connectivity index (χ4v) is 6.10. The number of alkyl halides is 3. The van der Waals surface area contributed by atoms with Crippen LogP contribution in [0.2, 0.25) is 0 Å². The van der Waals surface area contributed by atoms with Crippen LogP contribution in [0.15, 0.2) is 54.6 Å². The number of nitrogens with zero attached hydrogens (tertiary/aromatic N) is 3. The molecule has 3 aromatic carbocycles. The lowest BCUT2D eigenvalue weighted by molar-refractivity contribution is -0.155. The van der Waals surface area contributed by atoms with Crippen LogP contribution in [0.25, 0.3) is 22.2 Å². The maximum Gasteiger partial charge on any atom is 0.416 e. The van der Waals surface area contributed by atoms with Crippen LogP contribution in [0, 0.1) is 23.0 Å². The van der Waals surface area contributed by atoms with Gasteiger partial charge in [0, 0.05) is 12.1 Å². The van der Waals surface area contributed by atoms with Gasteiger partial charge in [-0.1, -0.05) is 17.3 Å². The number of benzene rings is 3. The zero-order valence-electron chi connectivity index (χ0n) is 21.4. The molecule has 6 rings (SSSR count). The second kappa shape index (κ2) is 9.64. The highest BCUT2D eigenvalue weighted by Crippen LogP contribution is 2.58. The first-order chi connectivity index (χ1) is 19.4. The van der Waals surface area contributed by atoms with Crippen LogP contribution in [0.3, 0.4) is 0 Å². The molecule has 7 nitrogen and oxygen atoms in total. The van der Waals surface area contributed by atoms with E-state index in [4.69, 9.17) is 0 Å². The van der Waals surface area contributed by atoms with Crippen molar-refractivity contribution in [1.29, 1.82) is 0 Å². The molecule has 1 heterocycles. The van der Waals surface area contributed by atoms with Gasteiger partial charge in [-0.2, -0.15) is 13.2 Å². The molecule has 1 spiro atoms. The lowest BCUT2D eigenvalue weighted by atomic mass is 9.50. The Hall–Kier alpha value is -4.35. The average molecular weight is 571 g/mol. The van der Waals surface area contributed by atoms with Crippen molar-refractivity contribution >= 4 is 22.9 Å². The van der Waals surface area contributed by atoms with Gasteiger partial charge < -0.3 is 10.4 Å². The van der Waals surface area contributed by atoms with Gasteiger partial charge in [0.25, 0.3) is 5.91 Å². The Morgan fingerprint density at radius 2 is 1.59 bits per heavy atom. The van der Waals surface area contributed by atoms with Crippen molar-refractivity contribution in [3.05, 3.63) is 82.9 Å². The molecule has 2 N–H and O–H groups in total. The van der Waals surface area contributed by atoms with E-state index in [1.165, 1.54) is 28.9 Å². The summed E-state index contributed by atoms with van der Waals surface area (Å²) in [5.74, 6) is -3.24. The largest absolute Gasteiger partial charge is 0.481 e. The lowest BCUT2D eigenvalue weighted by Gasteiger charge is -2.56. The van der Waals surface area contributed by atoms with Gasteiger partial charge in [-0.25, -0.2) is 13.5 Å². The molecule has 2 aliphatic carbocycles. The van der Waals surface area contributed by atoms with Gasteiger partial charge in [-0.3, -0.25) is 9.59 Å². The molecular weight excluding hydrogens is 547 g/mol. The van der Waals surface area contributed by atoms with Crippen molar-refractivity contribution < 1.29 is 36.6 Å². The third-order valence-corrected chi connectivity index (χ3v) is 8.06. The molecule has 2 fully saturated rings. The highest BCUT2D eigenvalue weighted by atomic mass is 19.4. The molecule has 0 aliphatic heterocycles. The maximum atomic E-state index is 14.0. The Labute approximate surface area is 230 Å². The van der Waals surface area contributed by atoms with Gasteiger partial charge >= 0.3 is 12.1 Å². The van der Waals surface area contributed by atoms with Crippen molar-refractivity contribution in [2.45, 2.75) is 44.4 Å². The minimum atomic E-state index is -4.48. The second-order valence-corrected chi connectivity index (χ2v) is 11.0. The van der Waals surface area contributed by atoms with Gasteiger partial charge in [0.2, 0.25) is 0 Å². The average Bonchev–Trinajstić information content (AvgIpc) is 3.25. The lowest BCUT2D eigenvalue weighted by Crippen LogP contribution is -2.57. The first-order valence-electron chi connectivity index (χ1n) is 12.9. The summed E-state index contributed by atoms with van der Waals surface area (Å²) in [7, 11) is 0. The molecule has 212 valence electrons. The summed E-state index contributed by atoms with van der Waals surface area (Å²) in [6.45, 7) is 0.0198. The predicted molar refractivity (Wildman–Crippen MR) is 137 cm³/mol. The summed E-state index contributed by atoms with van der Waals surface area (Å²) in [6.07, 6.45) is -2.05. The van der Waals surface area contributed by atoms with Crippen molar-refractivity contribution in [2.24, 2.45) is 11.3 Å². The number of nitrogens with one attached hydrogen (secondary N) is 1. The van der Waals surface area contributed by atoms with Gasteiger partial charge in [-0.15, -0.1) is 5.10 Å². The number of carboxylic acids is 1. The van der Waals surface area contributed by atoms with E-state index in [-0.39, 0.29) is 40.6 Å². The van der Waals surface area contributed by atoms with Crippen LogP contribution in [-0.2, 0) is 17.5 Å². The number of rotatable bonds is 6. The number of halogens is 5. The van der Waals surface area contributed by atoms with E-state index in [2.05, 4.69) is 15.6 Å². The first-order valence-corrected chi connectivity index (χ1v) is 12.9. The number of carbonyl (C=O) groups is 2. The van der Waals surface area contributed by atoms with E-state index in [9.17, 15) is 36.6 Å². The highest BCUT2D eigenvalue weighted by Gasteiger charge is 2.55. The monoisotopic (exact) mass is 570 g/mol. The predicted octanol–water partition coefficient (Wildman–Crippen LogP) is 5.82. The number of carbonyl (C=O) groups excluding carboxylic acids is 1. The van der Waals surface area contributed by atoms with Crippen LogP contribution in [0.1, 0.15) is 47.2 Å². The number of carboxylic acid groups (broad SMARTS) is 1. The third-order valence-electron chi connectivity index (χ3n) is 8.06. The number of aliphatic carboxylic acids is 1. The minimum Gasteiger partial charge on any atom is -0.481 e. The molecule has 2 saturated carbocycles. The summed E-state index contributed by atoms with van der Waals surface area (Å²) in [6, 6.07) is 10.4. The van der Waals surface area contributed by atoms with Crippen LogP contribution in [0.5, 0.6) is 0 Å². The fraction of sp³-hybridized carbons (Fsp3) is 0.310. The first kappa shape index (κ1) is 26.9. The summed E-state index contributed by atoms with van der Waals surface area (Å²) < 4.78 is 68.4. The normalized spacial score (nSPS) is 21.9. The number of hydrogen-bond donors (Lipinski definition) is 2. The van der Waals surface area contributed by atoms with E-state index in [1.807, 2.05) is 0 Å². The number of amides is 1. The molecule has 12 heteroatoms. The molecular formula is C29H23F5N4O3. The molecule has 0 radical (unpaired) electrons. The summed E-state index contributed by atoms with van der Waals surface area (Å²) >= 11 is 0. The number of fused-ring (bicyclic) bond motifs is 1. The molecule has 2 aliphatic rings. The Bertz CT molecular complexity index is 1650. The third kappa shape index (κ3) is 5.14. The van der Waals surface area contributed by atoms with E-state index < -0.39 is 35.3 Å². The van der Waals surface area contributed by atoms with Crippen molar-refractivity contribution in [2.75, 3.05) is 0 Å². The van der Waals surface area contributed by atoms with Crippen molar-refractivity contribution in [1.82, 2.24) is 20.3 Å². The molecule has 4 aromatic rings. The summed E-state index contributed by atoms with van der Waals surface area (Å²) in [4.78, 5) is 24.8. The molecule has 1 amide bonds. The Balaban J connectivity index is 1.32. The van der Waals surface area contributed by atoms with Gasteiger partial charge in [-0.05, 0) is 84.2 Å². The Kier molecular flexibility index (Phi) is 6.31. The Morgan fingerprint density at radius 1 is 0.951 bits per heavy atom. The van der Waals surface area contributed by atoms with Crippen LogP contribution in [0.4, 0.5) is 22.0 Å². The second-order valence-electron chi connectivity index (χ2n) is 11.0. The molecule has 0 atom stereocenters. The van der Waals surface area contributed by atoms with Gasteiger partial charge in [0.1, 0.15) is 22.7 Å². The van der Waals surface area contributed by atoms with Gasteiger partial charge in [0.05, 0.1) is 23.6 Å². The SMILES string of the molecule is O=C(NC1CC2(C1)CC(C(=O)O)C2)c1cc(-c2cc(F)cc(F)c2)cc2nnn(Cc3ccc(C(F)(F)F)cc3)c12. The fourth-order valence-electron chi connectivity index (χ4n) is 6.10. The quantitative estimate of drug-likeness (QED) is 0.285. The molecule has 0 bridgehead atoms. The minimum absolute atomic E-state index is 0.0198. The zero-order chi connectivity index (χ0) is 29.1. The van der Waals surface area contributed by atoms with E-state index in [1.54, 1.807) is 0 Å². The van der Waals surface area contributed by atoms with E-state index >= 15 is 0 Å². The van der Waals surface area contributed by atoms with Crippen molar-refractivity contribution in [3.8, 4) is 11.1 Å². The standard InChI is InChI=1S/C29H23F5N4O3/c30-20-5-16(6-21(31)9-20)17-7-23(26(39)35-22-12-28(13-22)10-18(11-28)27(40)41)25-24(8-17)36-37-38(25)14-15-1-3-19(4-2-15)29(32,33)34/h1-9,18,22H,10-14H2,(H,35,39)(H,40,41). The highest BCUT2D eigenvalue weighted by molar-refractivity contribution is 6.06. The summed E-state index contributed by atoms with van der Waals surface area (Å²) in [5.41, 5.74) is 0.843. The van der Waals surface area contributed by atoms with Crippen LogP contribution < -0.4 is 5.32 Å². The molecule has 0 unspecified atom stereocenters. The van der Waals surface area contributed by atoms with E-state index in [0.29, 0.717) is 42.3 Å². The van der Waals surface area contributed by atoms with Crippen LogP contribution in [-0.4, -0.2) is 38.0 Å². The summed E-state index contributed by atoms with van der Waals surface area (Å²) in [5, 5.41) is 20.4. The molecule has 0 saturated heterocycles.